The molecule has 0 atom stereocenters. The Labute approximate surface area is 241 Å². The van der Waals surface area contributed by atoms with E-state index in [1.54, 1.807) is 0 Å². The summed E-state index contributed by atoms with van der Waals surface area (Å²) < 4.78 is 60.5. The van der Waals surface area contributed by atoms with Gasteiger partial charge in [0, 0.05) is 21.5 Å². The minimum absolute atomic E-state index is 0.664. The molecule has 0 amide bonds. The molecule has 0 aliphatic rings. The Morgan fingerprint density at radius 2 is 0.579 bits per heavy atom. The number of hydrogen-bond donors (Lipinski definition) is 0. The Bertz CT molecular complexity index is 1600. The van der Waals surface area contributed by atoms with Gasteiger partial charge in [-0.2, -0.15) is 0 Å². The van der Waals surface area contributed by atoms with Crippen molar-refractivity contribution in [1.29, 1.82) is 0 Å². The second-order valence-electron chi connectivity index (χ2n) is 8.07. The molecule has 0 spiro atoms. The van der Waals surface area contributed by atoms with Crippen molar-refractivity contribution in [3.63, 3.8) is 0 Å². The number of para-hydroxylation sites is 4. The average Bonchev–Trinajstić information content (AvgIpc) is 3.53. The van der Waals surface area contributed by atoms with Gasteiger partial charge in [0.25, 0.3) is 0 Å². The first-order valence-electron chi connectivity index (χ1n) is 11.3. The van der Waals surface area contributed by atoms with E-state index in [-0.39, 0.29) is 0 Å². The van der Waals surface area contributed by atoms with Gasteiger partial charge in [-0.25, -0.2) is 17.6 Å². The molecule has 0 unspecified atom stereocenters. The van der Waals surface area contributed by atoms with Crippen LogP contribution in [-0.2, 0) is 0 Å². The maximum Gasteiger partial charge on any atom is 0.176 e. The lowest BCUT2D eigenvalue weighted by molar-refractivity contribution is 0.437. The van der Waals surface area contributed by atoms with Crippen LogP contribution in [-0.4, -0.2) is 0 Å². The maximum atomic E-state index is 12.6. The van der Waals surface area contributed by atoms with E-state index in [4.69, 9.17) is 8.83 Å². The van der Waals surface area contributed by atoms with Gasteiger partial charge in [0.1, 0.15) is 22.3 Å². The minimum atomic E-state index is -1.35. The van der Waals surface area contributed by atoms with Crippen LogP contribution < -0.4 is 0 Å². The average molecular weight is 738 g/mol. The first-order valence-corrected chi connectivity index (χ1v) is 13.4. The van der Waals surface area contributed by atoms with Gasteiger partial charge >= 0.3 is 0 Å². The predicted octanol–water partition coefficient (Wildman–Crippen LogP) is 10.6. The fourth-order valence-electron chi connectivity index (χ4n) is 3.93. The van der Waals surface area contributed by atoms with Crippen molar-refractivity contribution in [3.05, 3.63) is 127 Å². The van der Waals surface area contributed by atoms with Crippen molar-refractivity contribution in [3.8, 4) is 0 Å². The standard InChI is InChI=1S/2C12H8O.C6F4I2/c2*1-3-7-11-9(5-1)10-6-2-4-8-12(10)13-11;7-1-2(8)6(12)4(10)3(9)5(1)11/h2*1-8H;. The zero-order valence-electron chi connectivity index (χ0n) is 19.3. The second-order valence-corrected chi connectivity index (χ2v) is 10.2. The van der Waals surface area contributed by atoms with Crippen molar-refractivity contribution < 1.29 is 26.4 Å². The Hall–Kier alpha value is -3.12. The van der Waals surface area contributed by atoms with Gasteiger partial charge in [-0.15, -0.1) is 0 Å². The summed E-state index contributed by atoms with van der Waals surface area (Å²) in [7, 11) is 0. The number of rotatable bonds is 0. The minimum Gasteiger partial charge on any atom is -0.456 e. The smallest absolute Gasteiger partial charge is 0.176 e. The van der Waals surface area contributed by atoms with Crippen molar-refractivity contribution >= 4 is 89.1 Å². The molecule has 0 fully saturated rings. The third-order valence-electron chi connectivity index (χ3n) is 5.72. The Balaban J connectivity index is 0.000000116. The van der Waals surface area contributed by atoms with Crippen LogP contribution in [0.1, 0.15) is 0 Å². The van der Waals surface area contributed by atoms with Crippen LogP contribution in [0.15, 0.2) is 106 Å². The molecular formula is C30H16F4I2O2. The summed E-state index contributed by atoms with van der Waals surface area (Å²) in [6.07, 6.45) is 0. The van der Waals surface area contributed by atoms with E-state index in [0.717, 1.165) is 22.3 Å². The van der Waals surface area contributed by atoms with Crippen LogP contribution in [0, 0.1) is 30.4 Å². The molecule has 38 heavy (non-hydrogen) atoms. The van der Waals surface area contributed by atoms with Crippen LogP contribution in [0.25, 0.3) is 43.9 Å². The summed E-state index contributed by atoms with van der Waals surface area (Å²) in [5.41, 5.74) is 3.85. The molecule has 7 aromatic rings. The number of benzene rings is 5. The predicted molar refractivity (Wildman–Crippen MR) is 159 cm³/mol. The Morgan fingerprint density at radius 1 is 0.368 bits per heavy atom. The molecule has 0 bridgehead atoms. The van der Waals surface area contributed by atoms with E-state index < -0.39 is 30.4 Å². The van der Waals surface area contributed by atoms with E-state index in [9.17, 15) is 17.6 Å². The van der Waals surface area contributed by atoms with Crippen molar-refractivity contribution in [2.24, 2.45) is 0 Å². The highest BCUT2D eigenvalue weighted by molar-refractivity contribution is 14.1. The third-order valence-corrected chi connectivity index (χ3v) is 7.62. The van der Waals surface area contributed by atoms with Crippen LogP contribution in [0.3, 0.4) is 0 Å². The van der Waals surface area contributed by atoms with Gasteiger partial charge in [0.05, 0.1) is 7.14 Å². The first kappa shape index (κ1) is 26.5. The molecule has 0 N–H and O–H groups in total. The van der Waals surface area contributed by atoms with Gasteiger partial charge in [0.15, 0.2) is 23.3 Å². The SMILES string of the molecule is Fc1c(F)c(I)c(F)c(F)c1I.c1ccc2c(c1)oc1ccccc12.c1ccc2c(c1)oc1ccccc12. The largest absolute Gasteiger partial charge is 0.456 e. The highest BCUT2D eigenvalue weighted by atomic mass is 127. The Morgan fingerprint density at radius 3 is 0.816 bits per heavy atom. The van der Waals surface area contributed by atoms with E-state index in [1.807, 2.05) is 72.8 Å². The molecule has 2 aromatic heterocycles. The number of fused-ring (bicyclic) bond motifs is 6. The van der Waals surface area contributed by atoms with E-state index in [0.29, 0.717) is 0 Å². The van der Waals surface area contributed by atoms with Gasteiger partial charge in [-0.05, 0) is 69.4 Å². The highest BCUT2D eigenvalue weighted by Crippen LogP contribution is 2.29. The monoisotopic (exact) mass is 738 g/mol. The van der Waals surface area contributed by atoms with Crippen LogP contribution in [0.4, 0.5) is 17.6 Å². The molecule has 0 saturated heterocycles. The number of halogens is 6. The van der Waals surface area contributed by atoms with Crippen molar-refractivity contribution in [1.82, 2.24) is 0 Å². The number of furan rings is 2. The third kappa shape index (κ3) is 5.11. The number of hydrogen-bond acceptors (Lipinski definition) is 2. The fourth-order valence-corrected chi connectivity index (χ4v) is 4.87. The lowest BCUT2D eigenvalue weighted by Crippen LogP contribution is -2.02. The lowest BCUT2D eigenvalue weighted by atomic mass is 10.2. The molecule has 0 saturated carbocycles. The van der Waals surface area contributed by atoms with Crippen molar-refractivity contribution in [2.45, 2.75) is 0 Å². The quantitative estimate of drug-likeness (QED) is 0.0670. The van der Waals surface area contributed by atoms with E-state index in [2.05, 4.69) is 24.3 Å². The summed E-state index contributed by atoms with van der Waals surface area (Å²) in [5, 5.41) is 4.77. The highest BCUT2D eigenvalue weighted by Gasteiger charge is 2.21. The topological polar surface area (TPSA) is 26.3 Å². The first-order chi connectivity index (χ1) is 18.4. The van der Waals surface area contributed by atoms with Gasteiger partial charge < -0.3 is 8.83 Å². The normalized spacial score (nSPS) is 10.9. The molecular weight excluding hydrogens is 722 g/mol. The molecule has 8 heteroatoms. The summed E-state index contributed by atoms with van der Waals surface area (Å²) in [4.78, 5) is 0. The van der Waals surface area contributed by atoms with Crippen LogP contribution >= 0.6 is 45.2 Å². The van der Waals surface area contributed by atoms with Gasteiger partial charge in [-0.3, -0.25) is 0 Å². The van der Waals surface area contributed by atoms with Crippen molar-refractivity contribution in [2.75, 3.05) is 0 Å². The van der Waals surface area contributed by atoms with E-state index >= 15 is 0 Å². The zero-order chi connectivity index (χ0) is 26.8. The summed E-state index contributed by atoms with van der Waals surface area (Å²) in [6, 6.07) is 32.4. The van der Waals surface area contributed by atoms with Gasteiger partial charge in [-0.1, -0.05) is 72.8 Å². The van der Waals surface area contributed by atoms with Crippen LogP contribution in [0.2, 0.25) is 0 Å². The zero-order valence-corrected chi connectivity index (χ0v) is 23.6. The molecule has 0 aliphatic carbocycles. The summed E-state index contributed by atoms with van der Waals surface area (Å²) >= 11 is 2.41. The summed E-state index contributed by atoms with van der Waals surface area (Å²) in [5.74, 6) is -5.39. The molecule has 5 aromatic carbocycles. The molecule has 2 nitrogen and oxygen atoms in total. The second kappa shape index (κ2) is 11.3. The van der Waals surface area contributed by atoms with E-state index in [1.165, 1.54) is 66.7 Å². The maximum absolute atomic E-state index is 12.6. The lowest BCUT2D eigenvalue weighted by Gasteiger charge is -2.02. The molecule has 0 aliphatic heterocycles. The molecule has 190 valence electrons. The molecule has 7 rings (SSSR count). The molecule has 2 heterocycles. The Kier molecular flexibility index (Phi) is 7.89. The summed E-state index contributed by atoms with van der Waals surface area (Å²) in [6.45, 7) is 0. The molecule has 0 radical (unpaired) electrons. The fraction of sp³-hybridized carbons (Fsp3) is 0. The van der Waals surface area contributed by atoms with Crippen LogP contribution in [0.5, 0.6) is 0 Å². The van der Waals surface area contributed by atoms with Gasteiger partial charge in [0.2, 0.25) is 0 Å².